The van der Waals surface area contributed by atoms with E-state index < -0.39 is 6.09 Å². The third-order valence-electron chi connectivity index (χ3n) is 8.69. The molecule has 0 fully saturated rings. The molecule has 0 bridgehead atoms. The number of hydrogen-bond donors (Lipinski definition) is 3. The lowest BCUT2D eigenvalue weighted by Crippen LogP contribution is -2.40. The van der Waals surface area contributed by atoms with E-state index in [9.17, 15) is 9.59 Å². The largest absolute Gasteiger partial charge is 0.453 e. The van der Waals surface area contributed by atoms with Crippen molar-refractivity contribution in [3.05, 3.63) is 108 Å². The molecule has 6 aromatic rings. The van der Waals surface area contributed by atoms with Crippen LogP contribution < -0.4 is 5.32 Å². The van der Waals surface area contributed by atoms with Crippen molar-refractivity contribution < 1.29 is 14.3 Å². The first-order chi connectivity index (χ1) is 24.8. The molecule has 4 aromatic carbocycles. The Morgan fingerprint density at radius 1 is 0.863 bits per heavy atom. The van der Waals surface area contributed by atoms with Gasteiger partial charge in [-0.25, -0.2) is 14.8 Å². The Morgan fingerprint density at radius 3 is 2.45 bits per heavy atom. The second-order valence-electron chi connectivity index (χ2n) is 12.6. The summed E-state index contributed by atoms with van der Waals surface area (Å²) in [6, 6.07) is 27.0. The average molecular weight is 682 g/mol. The van der Waals surface area contributed by atoms with Gasteiger partial charge in [-0.15, -0.1) is 0 Å². The fourth-order valence-electron chi connectivity index (χ4n) is 6.21. The predicted molar refractivity (Wildman–Crippen MR) is 202 cm³/mol. The van der Waals surface area contributed by atoms with Gasteiger partial charge in [-0.3, -0.25) is 9.69 Å². The van der Waals surface area contributed by atoms with Gasteiger partial charge in [0, 0.05) is 28.6 Å². The highest BCUT2D eigenvalue weighted by molar-refractivity contribution is 6.05. The van der Waals surface area contributed by atoms with Crippen LogP contribution in [0.2, 0.25) is 0 Å². The van der Waals surface area contributed by atoms with Crippen LogP contribution in [-0.4, -0.2) is 75.5 Å². The minimum atomic E-state index is -0.645. The van der Waals surface area contributed by atoms with Crippen molar-refractivity contribution in [3.8, 4) is 34.2 Å². The van der Waals surface area contributed by atoms with Crippen LogP contribution in [-0.2, 0) is 22.6 Å². The number of imidazole rings is 2. The highest BCUT2D eigenvalue weighted by Gasteiger charge is 2.17. The number of carbonyl (C=O) groups is 2. The van der Waals surface area contributed by atoms with E-state index in [1.807, 2.05) is 37.3 Å². The van der Waals surface area contributed by atoms with Gasteiger partial charge < -0.3 is 24.9 Å². The molecule has 0 aliphatic heterocycles. The number of hydrogen-bond acceptors (Lipinski definition) is 6. The van der Waals surface area contributed by atoms with Crippen molar-refractivity contribution in [2.24, 2.45) is 0 Å². The molecule has 10 heteroatoms. The Labute approximate surface area is 298 Å². The number of benzene rings is 4. The zero-order valence-corrected chi connectivity index (χ0v) is 29.5. The van der Waals surface area contributed by atoms with Crippen LogP contribution in [0.3, 0.4) is 0 Å². The van der Waals surface area contributed by atoms with Crippen molar-refractivity contribution in [1.29, 1.82) is 0 Å². The van der Waals surface area contributed by atoms with E-state index >= 15 is 0 Å². The maximum atomic E-state index is 12.8. The highest BCUT2D eigenvalue weighted by atomic mass is 16.5. The summed E-state index contributed by atoms with van der Waals surface area (Å²) in [6.07, 6.45) is 3.00. The highest BCUT2D eigenvalue weighted by Crippen LogP contribution is 2.32. The van der Waals surface area contributed by atoms with Gasteiger partial charge in [0.15, 0.2) is 0 Å². The van der Waals surface area contributed by atoms with Crippen molar-refractivity contribution in [1.82, 2.24) is 35.1 Å². The molecule has 0 aliphatic carbocycles. The first-order valence-electron chi connectivity index (χ1n) is 17.3. The standard InChI is InChI=1S/C41H43N7O3/c1-5-20-47(3)26-38-44-35-19-16-31-22-30(14-18-34(31)40(35)46-38)33-17-15-32(23-29(33)13-12-28-10-8-7-9-11-28)36-24-42-37(45-36)27-48(21-6-2)39(49)25-43-41(50)51-4/h7-11,14-19,22-24H,5-6,20-21,25-27H2,1-4H3,(H,42,45)(H,43,50)(H,44,46). The van der Waals surface area contributed by atoms with E-state index in [0.29, 0.717) is 12.4 Å². The molecule has 0 aliphatic rings. The zero-order chi connectivity index (χ0) is 35.7. The van der Waals surface area contributed by atoms with E-state index in [-0.39, 0.29) is 19.0 Å². The van der Waals surface area contributed by atoms with Gasteiger partial charge in [-0.1, -0.05) is 74.2 Å². The minimum absolute atomic E-state index is 0.148. The lowest BCUT2D eigenvalue weighted by molar-refractivity contribution is -0.130. The van der Waals surface area contributed by atoms with Gasteiger partial charge in [-0.05, 0) is 73.3 Å². The summed E-state index contributed by atoms with van der Waals surface area (Å²) < 4.78 is 4.60. The normalized spacial score (nSPS) is 11.1. The maximum Gasteiger partial charge on any atom is 0.407 e. The number of aromatic amines is 2. The number of fused-ring (bicyclic) bond motifs is 3. The van der Waals surface area contributed by atoms with Crippen molar-refractivity contribution in [2.45, 2.75) is 39.8 Å². The van der Waals surface area contributed by atoms with Crippen LogP contribution in [0, 0.1) is 11.8 Å². The van der Waals surface area contributed by atoms with E-state index in [4.69, 9.17) is 4.98 Å². The molecular weight excluding hydrogens is 638 g/mol. The van der Waals surface area contributed by atoms with E-state index in [1.165, 1.54) is 7.11 Å². The Hall–Kier alpha value is -5.92. The van der Waals surface area contributed by atoms with Crippen LogP contribution in [0.25, 0.3) is 44.2 Å². The fraction of sp³-hybridized carbons (Fsp3) is 0.268. The van der Waals surface area contributed by atoms with Crippen LogP contribution in [0.5, 0.6) is 0 Å². The third-order valence-corrected chi connectivity index (χ3v) is 8.69. The van der Waals surface area contributed by atoms with Gasteiger partial charge in [0.2, 0.25) is 5.91 Å². The fourth-order valence-corrected chi connectivity index (χ4v) is 6.21. The average Bonchev–Trinajstić information content (AvgIpc) is 3.80. The molecule has 2 aromatic heterocycles. The minimum Gasteiger partial charge on any atom is -0.453 e. The molecule has 0 saturated carbocycles. The number of ether oxygens (including phenoxy) is 1. The first kappa shape index (κ1) is 34.9. The molecule has 0 atom stereocenters. The smallest absolute Gasteiger partial charge is 0.407 e. The number of nitrogens with zero attached hydrogens (tertiary/aromatic N) is 4. The number of rotatable bonds is 12. The summed E-state index contributed by atoms with van der Waals surface area (Å²) in [6.45, 7) is 6.65. The molecule has 0 spiro atoms. The van der Waals surface area contributed by atoms with E-state index in [0.717, 1.165) is 87.1 Å². The number of carbonyl (C=O) groups excluding carboxylic acids is 2. The topological polar surface area (TPSA) is 119 Å². The molecule has 0 saturated heterocycles. The molecule has 2 heterocycles. The predicted octanol–water partition coefficient (Wildman–Crippen LogP) is 7.11. The van der Waals surface area contributed by atoms with Gasteiger partial charge in [0.1, 0.15) is 18.2 Å². The SMILES string of the molecule is CCCN(C)Cc1nc2ccc3cc(-c4ccc(-c5cnc(CN(CCC)C(=O)CNC(=O)OC)[nH]5)cc4C#Cc4ccccc4)ccc3c2[nH]1. The second kappa shape index (κ2) is 16.2. The lowest BCUT2D eigenvalue weighted by atomic mass is 9.94. The molecule has 260 valence electrons. The number of amides is 2. The summed E-state index contributed by atoms with van der Waals surface area (Å²) in [7, 11) is 3.39. The lowest BCUT2D eigenvalue weighted by Gasteiger charge is -2.21. The van der Waals surface area contributed by atoms with Crippen LogP contribution in [0.4, 0.5) is 4.79 Å². The van der Waals surface area contributed by atoms with Gasteiger partial charge in [0.25, 0.3) is 0 Å². The summed E-state index contributed by atoms with van der Waals surface area (Å²) in [5, 5.41) is 4.71. The maximum absolute atomic E-state index is 12.8. The summed E-state index contributed by atoms with van der Waals surface area (Å²) in [5.74, 6) is 8.18. The van der Waals surface area contributed by atoms with Crippen LogP contribution >= 0.6 is 0 Å². The third kappa shape index (κ3) is 8.46. The van der Waals surface area contributed by atoms with E-state index in [2.05, 4.69) is 104 Å². The molecule has 6 rings (SSSR count). The molecular formula is C41H43N7O3. The molecule has 3 N–H and O–H groups in total. The van der Waals surface area contributed by atoms with Gasteiger partial charge >= 0.3 is 6.09 Å². The van der Waals surface area contributed by atoms with Crippen molar-refractivity contribution in [2.75, 3.05) is 33.8 Å². The van der Waals surface area contributed by atoms with E-state index in [1.54, 1.807) is 11.1 Å². The summed E-state index contributed by atoms with van der Waals surface area (Å²) in [4.78, 5) is 44.7. The molecule has 0 unspecified atom stereocenters. The van der Waals surface area contributed by atoms with Crippen molar-refractivity contribution in [3.63, 3.8) is 0 Å². The Balaban J connectivity index is 1.31. The Bertz CT molecular complexity index is 2210. The Kier molecular flexibility index (Phi) is 11.1. The second-order valence-corrected chi connectivity index (χ2v) is 12.6. The monoisotopic (exact) mass is 681 g/mol. The molecule has 10 nitrogen and oxygen atoms in total. The van der Waals surface area contributed by atoms with Gasteiger partial charge in [0.05, 0.1) is 43.1 Å². The molecule has 0 radical (unpaired) electrons. The number of H-pyrrole nitrogens is 2. The Morgan fingerprint density at radius 2 is 1.67 bits per heavy atom. The summed E-state index contributed by atoms with van der Waals surface area (Å²) >= 11 is 0. The zero-order valence-electron chi connectivity index (χ0n) is 29.5. The summed E-state index contributed by atoms with van der Waals surface area (Å²) in [5.41, 5.74) is 7.65. The number of alkyl carbamates (subject to hydrolysis) is 1. The quantitative estimate of drug-likeness (QED) is 0.119. The molecule has 51 heavy (non-hydrogen) atoms. The first-order valence-corrected chi connectivity index (χ1v) is 17.3. The number of aromatic nitrogens is 4. The van der Waals surface area contributed by atoms with Crippen molar-refractivity contribution >= 4 is 33.8 Å². The van der Waals surface area contributed by atoms with Gasteiger partial charge in [-0.2, -0.15) is 0 Å². The number of methoxy groups -OCH3 is 1. The molecule has 2 amide bonds. The van der Waals surface area contributed by atoms with Crippen LogP contribution in [0.15, 0.2) is 85.1 Å². The number of nitrogens with one attached hydrogen (secondary N) is 3. The van der Waals surface area contributed by atoms with Crippen LogP contribution in [0.1, 0.15) is 49.5 Å².